The van der Waals surface area contributed by atoms with Crippen LogP contribution < -0.4 is 0 Å². The minimum Gasteiger partial charge on any atom is -0.387 e. The largest absolute Gasteiger partial charge is 0.387 e. The van der Waals surface area contributed by atoms with E-state index in [1.807, 2.05) is 35.2 Å². The zero-order valence-corrected chi connectivity index (χ0v) is 14.6. The van der Waals surface area contributed by atoms with Gasteiger partial charge in [0.2, 0.25) is 0 Å². The number of likely N-dealkylation sites (tertiary alicyclic amines) is 1. The SMILES string of the molecule is COCC1(O)CCN(C(=O)c2cc(C3CC3)nc3ccccc23)CC1. The molecule has 1 aliphatic carbocycles. The van der Waals surface area contributed by atoms with Crippen molar-refractivity contribution in [1.29, 1.82) is 0 Å². The molecule has 1 aromatic carbocycles. The maximum Gasteiger partial charge on any atom is 0.254 e. The van der Waals surface area contributed by atoms with E-state index in [4.69, 9.17) is 9.72 Å². The first-order chi connectivity index (χ1) is 12.1. The van der Waals surface area contributed by atoms with E-state index in [1.165, 1.54) is 0 Å². The summed E-state index contributed by atoms with van der Waals surface area (Å²) in [4.78, 5) is 19.8. The second-order valence-corrected chi connectivity index (χ2v) is 7.34. The highest BCUT2D eigenvalue weighted by atomic mass is 16.5. The molecule has 0 spiro atoms. The van der Waals surface area contributed by atoms with Crippen molar-refractivity contribution in [1.82, 2.24) is 9.88 Å². The van der Waals surface area contributed by atoms with Gasteiger partial charge in [-0.15, -0.1) is 0 Å². The Labute approximate surface area is 147 Å². The number of amides is 1. The molecular formula is C20H24N2O3. The molecule has 2 heterocycles. The van der Waals surface area contributed by atoms with Crippen LogP contribution >= 0.6 is 0 Å². The van der Waals surface area contributed by atoms with Gasteiger partial charge in [0.1, 0.15) is 0 Å². The number of pyridine rings is 1. The average molecular weight is 340 g/mol. The van der Waals surface area contributed by atoms with E-state index in [0.717, 1.165) is 35.0 Å². The van der Waals surface area contributed by atoms with E-state index < -0.39 is 5.60 Å². The molecule has 1 aromatic heterocycles. The average Bonchev–Trinajstić information content (AvgIpc) is 3.46. The maximum atomic E-state index is 13.2. The van der Waals surface area contributed by atoms with Gasteiger partial charge in [-0.3, -0.25) is 9.78 Å². The lowest BCUT2D eigenvalue weighted by molar-refractivity contribution is -0.0662. The number of methoxy groups -OCH3 is 1. The molecule has 1 amide bonds. The Hall–Kier alpha value is -1.98. The quantitative estimate of drug-likeness (QED) is 0.929. The first-order valence-corrected chi connectivity index (χ1v) is 9.00. The van der Waals surface area contributed by atoms with Crippen LogP contribution in [-0.4, -0.2) is 53.3 Å². The van der Waals surface area contributed by atoms with Gasteiger partial charge in [-0.1, -0.05) is 18.2 Å². The second-order valence-electron chi connectivity index (χ2n) is 7.34. The summed E-state index contributed by atoms with van der Waals surface area (Å²) in [5, 5.41) is 11.4. The fraction of sp³-hybridized carbons (Fsp3) is 0.500. The first kappa shape index (κ1) is 16.5. The van der Waals surface area contributed by atoms with Crippen LogP contribution in [0.4, 0.5) is 0 Å². The lowest BCUT2D eigenvalue weighted by Gasteiger charge is -2.37. The number of nitrogens with zero attached hydrogens (tertiary/aromatic N) is 2. The van der Waals surface area contributed by atoms with Crippen LogP contribution in [-0.2, 0) is 4.74 Å². The highest BCUT2D eigenvalue weighted by molar-refractivity contribution is 6.06. The monoisotopic (exact) mass is 340 g/mol. The molecule has 2 fully saturated rings. The van der Waals surface area contributed by atoms with Crippen LogP contribution in [0.3, 0.4) is 0 Å². The number of fused-ring (bicyclic) bond motifs is 1. The van der Waals surface area contributed by atoms with Gasteiger partial charge >= 0.3 is 0 Å². The topological polar surface area (TPSA) is 62.7 Å². The molecule has 25 heavy (non-hydrogen) atoms. The predicted molar refractivity (Wildman–Crippen MR) is 95.7 cm³/mol. The molecule has 5 nitrogen and oxygen atoms in total. The Morgan fingerprint density at radius 2 is 2.04 bits per heavy atom. The van der Waals surface area contributed by atoms with Crippen molar-refractivity contribution in [2.24, 2.45) is 0 Å². The number of para-hydroxylation sites is 1. The van der Waals surface area contributed by atoms with Crippen LogP contribution in [0.2, 0.25) is 0 Å². The fourth-order valence-corrected chi connectivity index (χ4v) is 3.67. The van der Waals surface area contributed by atoms with Gasteiger partial charge in [0.15, 0.2) is 0 Å². The van der Waals surface area contributed by atoms with Crippen molar-refractivity contribution in [2.75, 3.05) is 26.8 Å². The van der Waals surface area contributed by atoms with E-state index in [-0.39, 0.29) is 5.91 Å². The Morgan fingerprint density at radius 1 is 1.32 bits per heavy atom. The smallest absolute Gasteiger partial charge is 0.254 e. The normalized spacial score (nSPS) is 20.0. The number of aromatic nitrogens is 1. The molecule has 2 aliphatic rings. The van der Waals surface area contributed by atoms with Crippen molar-refractivity contribution in [3.05, 3.63) is 41.6 Å². The van der Waals surface area contributed by atoms with Crippen LogP contribution in [0.25, 0.3) is 10.9 Å². The number of carbonyl (C=O) groups excluding carboxylic acids is 1. The van der Waals surface area contributed by atoms with Crippen molar-refractivity contribution < 1.29 is 14.6 Å². The Bertz CT molecular complexity index is 793. The molecule has 5 heteroatoms. The van der Waals surface area contributed by atoms with Crippen molar-refractivity contribution in [2.45, 2.75) is 37.2 Å². The minimum absolute atomic E-state index is 0.0416. The van der Waals surface area contributed by atoms with Crippen molar-refractivity contribution >= 4 is 16.8 Å². The number of piperidine rings is 1. The Morgan fingerprint density at radius 3 is 2.72 bits per heavy atom. The zero-order chi connectivity index (χ0) is 17.4. The molecule has 0 radical (unpaired) electrons. The number of rotatable bonds is 4. The third kappa shape index (κ3) is 3.26. The zero-order valence-electron chi connectivity index (χ0n) is 14.6. The summed E-state index contributed by atoms with van der Waals surface area (Å²) in [7, 11) is 1.60. The number of hydrogen-bond acceptors (Lipinski definition) is 4. The van der Waals surface area contributed by atoms with Gasteiger partial charge in [0, 0.05) is 37.2 Å². The third-order valence-corrected chi connectivity index (χ3v) is 5.36. The summed E-state index contributed by atoms with van der Waals surface area (Å²) in [5.41, 5.74) is 1.85. The third-order valence-electron chi connectivity index (χ3n) is 5.36. The van der Waals surface area contributed by atoms with E-state index in [0.29, 0.717) is 38.5 Å². The number of benzene rings is 1. The van der Waals surface area contributed by atoms with E-state index in [1.54, 1.807) is 7.11 Å². The Balaban J connectivity index is 1.62. The van der Waals surface area contributed by atoms with Crippen LogP contribution in [0.1, 0.15) is 47.7 Å². The highest BCUT2D eigenvalue weighted by Crippen LogP contribution is 2.40. The van der Waals surface area contributed by atoms with Gasteiger partial charge in [0.05, 0.1) is 23.3 Å². The van der Waals surface area contributed by atoms with Crippen LogP contribution in [0.15, 0.2) is 30.3 Å². The van der Waals surface area contributed by atoms with E-state index in [9.17, 15) is 9.90 Å². The van der Waals surface area contributed by atoms with Crippen molar-refractivity contribution in [3.8, 4) is 0 Å². The molecule has 132 valence electrons. The number of hydrogen-bond donors (Lipinski definition) is 1. The lowest BCUT2D eigenvalue weighted by Crippen LogP contribution is -2.48. The molecule has 1 saturated heterocycles. The summed E-state index contributed by atoms with van der Waals surface area (Å²) >= 11 is 0. The van der Waals surface area contributed by atoms with Gasteiger partial charge in [-0.05, 0) is 37.8 Å². The predicted octanol–water partition coefficient (Wildman–Crippen LogP) is 2.73. The minimum atomic E-state index is -0.814. The van der Waals surface area contributed by atoms with Crippen molar-refractivity contribution in [3.63, 3.8) is 0 Å². The summed E-state index contributed by atoms with van der Waals surface area (Å²) in [6.07, 6.45) is 3.41. The first-order valence-electron chi connectivity index (χ1n) is 9.00. The molecule has 4 rings (SSSR count). The summed E-state index contributed by atoms with van der Waals surface area (Å²) in [6, 6.07) is 9.85. The molecule has 0 atom stereocenters. The van der Waals surface area contributed by atoms with E-state index >= 15 is 0 Å². The molecule has 2 aromatic rings. The Kier molecular flexibility index (Phi) is 4.21. The maximum absolute atomic E-state index is 13.2. The highest BCUT2D eigenvalue weighted by Gasteiger charge is 2.35. The van der Waals surface area contributed by atoms with Gasteiger partial charge in [-0.2, -0.15) is 0 Å². The van der Waals surface area contributed by atoms with E-state index in [2.05, 4.69) is 0 Å². The molecule has 0 unspecified atom stereocenters. The van der Waals surface area contributed by atoms with Crippen LogP contribution in [0, 0.1) is 0 Å². The molecule has 1 saturated carbocycles. The second kappa shape index (κ2) is 6.39. The number of aliphatic hydroxyl groups is 1. The number of carbonyl (C=O) groups is 1. The number of ether oxygens (including phenoxy) is 1. The van der Waals surface area contributed by atoms with Gasteiger partial charge < -0.3 is 14.7 Å². The fourth-order valence-electron chi connectivity index (χ4n) is 3.67. The lowest BCUT2D eigenvalue weighted by atomic mass is 9.91. The summed E-state index contributed by atoms with van der Waals surface area (Å²) in [6.45, 7) is 1.42. The molecule has 0 bridgehead atoms. The van der Waals surface area contributed by atoms with Gasteiger partial charge in [-0.25, -0.2) is 0 Å². The van der Waals surface area contributed by atoms with Gasteiger partial charge in [0.25, 0.3) is 5.91 Å². The standard InChI is InChI=1S/C20H24N2O3/c1-25-13-20(24)8-10-22(11-9-20)19(23)16-12-18(14-6-7-14)21-17-5-3-2-4-15(16)17/h2-5,12,14,24H,6-11,13H2,1H3. The summed E-state index contributed by atoms with van der Waals surface area (Å²) < 4.78 is 5.11. The molecule has 1 aliphatic heterocycles. The molecule has 1 N–H and O–H groups in total. The van der Waals surface area contributed by atoms with Crippen LogP contribution in [0.5, 0.6) is 0 Å². The molecular weight excluding hydrogens is 316 g/mol. The summed E-state index contributed by atoms with van der Waals surface area (Å²) in [5.74, 6) is 0.546.